The molecule has 0 aliphatic heterocycles. The molecule has 0 saturated heterocycles. The van der Waals surface area contributed by atoms with Crippen LogP contribution in [0.15, 0.2) is 11.0 Å². The van der Waals surface area contributed by atoms with Gasteiger partial charge in [0.05, 0.1) is 4.90 Å². The van der Waals surface area contributed by atoms with E-state index >= 15 is 0 Å². The summed E-state index contributed by atoms with van der Waals surface area (Å²) in [4.78, 5) is 0.744. The van der Waals surface area contributed by atoms with E-state index in [0.717, 1.165) is 16.0 Å². The first-order valence-corrected chi connectivity index (χ1v) is 7.91. The third-order valence-corrected chi connectivity index (χ3v) is 4.35. The van der Waals surface area contributed by atoms with Gasteiger partial charge in [0, 0.05) is 17.9 Å². The average Bonchev–Trinajstić information content (AvgIpc) is 2.27. The molecule has 0 saturated carbocycles. The van der Waals surface area contributed by atoms with Gasteiger partial charge in [-0.1, -0.05) is 41.5 Å². The third kappa shape index (κ3) is 3.61. The van der Waals surface area contributed by atoms with Gasteiger partial charge in [-0.15, -0.1) is 11.8 Å². The third-order valence-electron chi connectivity index (χ3n) is 3.21. The monoisotopic (exact) mass is 297 g/mol. The number of hydrogen-bond donors (Lipinski definition) is 3. The molecule has 114 valence electrons. The van der Waals surface area contributed by atoms with Crippen LogP contribution in [0.4, 0.5) is 0 Å². The second-order valence-corrected chi connectivity index (χ2v) is 8.24. The summed E-state index contributed by atoms with van der Waals surface area (Å²) < 4.78 is 0. The molecule has 0 atom stereocenters. The van der Waals surface area contributed by atoms with Crippen LogP contribution in [-0.2, 0) is 10.8 Å². The highest BCUT2D eigenvalue weighted by Gasteiger charge is 2.29. The summed E-state index contributed by atoms with van der Waals surface area (Å²) in [5.41, 5.74) is 7.05. The molecule has 20 heavy (non-hydrogen) atoms. The second kappa shape index (κ2) is 5.86. The van der Waals surface area contributed by atoms with Gasteiger partial charge in [-0.3, -0.25) is 0 Å². The van der Waals surface area contributed by atoms with Gasteiger partial charge in [-0.2, -0.15) is 0 Å². The molecule has 0 bridgehead atoms. The van der Waals surface area contributed by atoms with E-state index in [1.165, 1.54) is 11.8 Å². The summed E-state index contributed by atoms with van der Waals surface area (Å²) in [6, 6.07) is 2.02. The second-order valence-electron chi connectivity index (χ2n) is 7.14. The van der Waals surface area contributed by atoms with Crippen LogP contribution in [0, 0.1) is 0 Å². The molecule has 4 heteroatoms. The molecule has 1 rings (SSSR count). The van der Waals surface area contributed by atoms with Crippen LogP contribution in [0.2, 0.25) is 0 Å². The van der Waals surface area contributed by atoms with Crippen molar-refractivity contribution in [1.29, 1.82) is 0 Å². The molecule has 0 spiro atoms. The van der Waals surface area contributed by atoms with Gasteiger partial charge in [0.2, 0.25) is 0 Å². The predicted octanol–water partition coefficient (Wildman–Crippen LogP) is 3.74. The molecule has 0 radical (unpaired) electrons. The van der Waals surface area contributed by atoms with Gasteiger partial charge < -0.3 is 15.9 Å². The zero-order chi connectivity index (χ0) is 15.7. The van der Waals surface area contributed by atoms with E-state index in [1.54, 1.807) is 0 Å². The minimum atomic E-state index is -0.224. The van der Waals surface area contributed by atoms with Crippen LogP contribution in [0.5, 0.6) is 11.5 Å². The Morgan fingerprint density at radius 2 is 1.45 bits per heavy atom. The summed E-state index contributed by atoms with van der Waals surface area (Å²) in [7, 11) is 0. The van der Waals surface area contributed by atoms with E-state index in [9.17, 15) is 10.2 Å². The standard InChI is InChI=1S/C16H27NO2S/c1-15(2,3)10-9-11(16(4,5)6)14(20-8-7-17)13(19)12(10)18/h9,18-19H,7-8,17H2,1-6H3. The summed E-state index contributed by atoms with van der Waals surface area (Å²) in [6.45, 7) is 12.9. The molecular weight excluding hydrogens is 270 g/mol. The van der Waals surface area contributed by atoms with E-state index < -0.39 is 0 Å². The van der Waals surface area contributed by atoms with Crippen LogP contribution < -0.4 is 5.73 Å². The van der Waals surface area contributed by atoms with Gasteiger partial charge >= 0.3 is 0 Å². The van der Waals surface area contributed by atoms with Crippen LogP contribution in [0.3, 0.4) is 0 Å². The minimum Gasteiger partial charge on any atom is -0.504 e. The van der Waals surface area contributed by atoms with Gasteiger partial charge in [0.25, 0.3) is 0 Å². The Morgan fingerprint density at radius 3 is 1.85 bits per heavy atom. The number of phenols is 2. The molecule has 3 nitrogen and oxygen atoms in total. The van der Waals surface area contributed by atoms with E-state index in [0.29, 0.717) is 12.3 Å². The van der Waals surface area contributed by atoms with Gasteiger partial charge in [0.1, 0.15) is 0 Å². The smallest absolute Gasteiger partial charge is 0.171 e. The number of rotatable bonds is 3. The maximum absolute atomic E-state index is 10.4. The molecule has 0 fully saturated rings. The highest BCUT2D eigenvalue weighted by Crippen LogP contribution is 2.48. The highest BCUT2D eigenvalue weighted by atomic mass is 32.2. The predicted molar refractivity (Wildman–Crippen MR) is 87.0 cm³/mol. The van der Waals surface area contributed by atoms with Crippen LogP contribution in [-0.4, -0.2) is 22.5 Å². The Balaban J connectivity index is 3.56. The largest absolute Gasteiger partial charge is 0.504 e. The number of aromatic hydroxyl groups is 2. The summed E-state index contributed by atoms with van der Waals surface area (Å²) in [6.07, 6.45) is 0. The first-order valence-electron chi connectivity index (χ1n) is 6.93. The van der Waals surface area contributed by atoms with Crippen molar-refractivity contribution < 1.29 is 10.2 Å². The van der Waals surface area contributed by atoms with Crippen molar-refractivity contribution in [1.82, 2.24) is 0 Å². The molecule has 4 N–H and O–H groups in total. The van der Waals surface area contributed by atoms with Crippen molar-refractivity contribution in [3.63, 3.8) is 0 Å². The normalized spacial score (nSPS) is 12.8. The van der Waals surface area contributed by atoms with Gasteiger partial charge in [-0.05, 0) is 22.5 Å². The molecular formula is C16H27NO2S. The average molecular weight is 297 g/mol. The van der Waals surface area contributed by atoms with Crippen molar-refractivity contribution in [2.24, 2.45) is 5.73 Å². The molecule has 0 aromatic heterocycles. The van der Waals surface area contributed by atoms with E-state index in [4.69, 9.17) is 5.73 Å². The lowest BCUT2D eigenvalue weighted by Crippen LogP contribution is -2.18. The zero-order valence-corrected chi connectivity index (χ0v) is 14.2. The molecule has 0 aliphatic carbocycles. The molecule has 0 aliphatic rings. The van der Waals surface area contributed by atoms with E-state index in [2.05, 4.69) is 20.8 Å². The Kier molecular flexibility index (Phi) is 5.03. The van der Waals surface area contributed by atoms with Gasteiger partial charge in [-0.25, -0.2) is 0 Å². The van der Waals surface area contributed by atoms with Crippen molar-refractivity contribution in [3.8, 4) is 11.5 Å². The SMILES string of the molecule is CC(C)(C)c1cc(C(C)(C)C)c(SCCN)c(O)c1O. The fourth-order valence-electron chi connectivity index (χ4n) is 2.08. The summed E-state index contributed by atoms with van der Waals surface area (Å²) in [5, 5.41) is 20.7. The lowest BCUT2D eigenvalue weighted by molar-refractivity contribution is 0.376. The number of thioether (sulfide) groups is 1. The molecule has 0 heterocycles. The maximum atomic E-state index is 10.4. The molecule has 1 aromatic carbocycles. The lowest BCUT2D eigenvalue weighted by Gasteiger charge is -2.29. The topological polar surface area (TPSA) is 66.5 Å². The van der Waals surface area contributed by atoms with Crippen molar-refractivity contribution in [2.45, 2.75) is 57.3 Å². The van der Waals surface area contributed by atoms with Crippen LogP contribution >= 0.6 is 11.8 Å². The molecule has 0 amide bonds. The number of benzene rings is 1. The summed E-state index contributed by atoms with van der Waals surface area (Å²) in [5.74, 6) is 0.691. The van der Waals surface area contributed by atoms with Crippen molar-refractivity contribution in [3.05, 3.63) is 17.2 Å². The first kappa shape index (κ1) is 17.2. The van der Waals surface area contributed by atoms with Gasteiger partial charge in [0.15, 0.2) is 11.5 Å². The van der Waals surface area contributed by atoms with Crippen LogP contribution in [0.25, 0.3) is 0 Å². The number of phenolic OH excluding ortho intramolecular Hbond substituents is 2. The summed E-state index contributed by atoms with van der Waals surface area (Å²) >= 11 is 1.50. The fourth-order valence-corrected chi connectivity index (χ4v) is 3.15. The van der Waals surface area contributed by atoms with Crippen molar-refractivity contribution in [2.75, 3.05) is 12.3 Å². The molecule has 1 aromatic rings. The highest BCUT2D eigenvalue weighted by molar-refractivity contribution is 7.99. The van der Waals surface area contributed by atoms with Crippen LogP contribution in [0.1, 0.15) is 52.7 Å². The minimum absolute atomic E-state index is 0.00924. The Bertz CT molecular complexity index is 485. The zero-order valence-electron chi connectivity index (χ0n) is 13.4. The number of hydrogen-bond acceptors (Lipinski definition) is 4. The van der Waals surface area contributed by atoms with E-state index in [1.807, 2.05) is 26.8 Å². The quantitative estimate of drug-likeness (QED) is 0.587. The Hall–Kier alpha value is -0.870. The number of nitrogens with two attached hydrogens (primary N) is 1. The fraction of sp³-hybridized carbons (Fsp3) is 0.625. The van der Waals surface area contributed by atoms with E-state index in [-0.39, 0.29) is 22.3 Å². The van der Waals surface area contributed by atoms with Crippen molar-refractivity contribution >= 4 is 11.8 Å². The molecule has 0 unspecified atom stereocenters. The Labute approximate surface area is 126 Å². The first-order chi connectivity index (χ1) is 9.00. The maximum Gasteiger partial charge on any atom is 0.171 e. The Morgan fingerprint density at radius 1 is 0.950 bits per heavy atom. The lowest BCUT2D eigenvalue weighted by atomic mass is 9.80.